The van der Waals surface area contributed by atoms with Crippen LogP contribution in [0.1, 0.15) is 25.7 Å². The minimum Gasteiger partial charge on any atom is -0.431 e. The lowest BCUT2D eigenvalue weighted by molar-refractivity contribution is -0.120. The zero-order valence-corrected chi connectivity index (χ0v) is 10.9. The Morgan fingerprint density at radius 2 is 2.28 bits per heavy atom. The molecule has 0 amide bonds. The van der Waals surface area contributed by atoms with Crippen LogP contribution in [0.3, 0.4) is 0 Å². The molecule has 1 unspecified atom stereocenters. The molecule has 2 aromatic rings. The molecule has 1 fully saturated rings. The maximum Gasteiger partial charge on any atom is 0.256 e. The van der Waals surface area contributed by atoms with Crippen molar-refractivity contribution in [3.8, 4) is 0 Å². The molecule has 0 spiro atoms. The molecule has 3 rings (SSSR count). The third-order valence-corrected chi connectivity index (χ3v) is 4.26. The molecular weight excluding hydrogens is 246 g/mol. The minimum atomic E-state index is 0.280. The number of hydrogen-bond donors (Lipinski definition) is 0. The van der Waals surface area contributed by atoms with Crippen molar-refractivity contribution < 1.29 is 9.21 Å². The molecule has 1 atom stereocenters. The molecule has 1 aromatic heterocycles. The van der Waals surface area contributed by atoms with Gasteiger partial charge in [-0.3, -0.25) is 4.79 Å². The van der Waals surface area contributed by atoms with Gasteiger partial charge in [-0.25, -0.2) is 4.98 Å². The Labute approximate surface area is 110 Å². The first-order chi connectivity index (χ1) is 8.83. The molecule has 1 aliphatic rings. The molecule has 0 N–H and O–H groups in total. The molecule has 0 bridgehead atoms. The van der Waals surface area contributed by atoms with Crippen LogP contribution in [0.4, 0.5) is 0 Å². The monoisotopic (exact) mass is 261 g/mol. The number of thioether (sulfide) groups is 1. The van der Waals surface area contributed by atoms with Crippen molar-refractivity contribution in [3.05, 3.63) is 24.3 Å². The maximum absolute atomic E-state index is 11.5. The van der Waals surface area contributed by atoms with Gasteiger partial charge in [0.2, 0.25) is 0 Å². The molecule has 1 saturated carbocycles. The first-order valence-electron chi connectivity index (χ1n) is 6.34. The van der Waals surface area contributed by atoms with Gasteiger partial charge in [-0.05, 0) is 31.4 Å². The molecule has 18 heavy (non-hydrogen) atoms. The Hall–Kier alpha value is -1.29. The summed E-state index contributed by atoms with van der Waals surface area (Å²) >= 11 is 1.61. The Bertz CT molecular complexity index is 531. The highest BCUT2D eigenvalue weighted by Gasteiger charge is 2.23. The molecule has 3 nitrogen and oxygen atoms in total. The van der Waals surface area contributed by atoms with E-state index in [4.69, 9.17) is 4.42 Å². The normalized spacial score (nSPS) is 19.8. The van der Waals surface area contributed by atoms with Crippen molar-refractivity contribution in [1.29, 1.82) is 0 Å². The summed E-state index contributed by atoms with van der Waals surface area (Å²) in [5, 5.41) is 0.710. The van der Waals surface area contributed by atoms with Gasteiger partial charge in [-0.15, -0.1) is 0 Å². The molecule has 4 heteroatoms. The quantitative estimate of drug-likeness (QED) is 0.787. The number of hydrogen-bond acceptors (Lipinski definition) is 4. The van der Waals surface area contributed by atoms with E-state index >= 15 is 0 Å². The second kappa shape index (κ2) is 5.14. The van der Waals surface area contributed by atoms with Gasteiger partial charge in [0.1, 0.15) is 11.3 Å². The molecule has 1 aromatic carbocycles. The van der Waals surface area contributed by atoms with Gasteiger partial charge in [0.05, 0.1) is 0 Å². The summed E-state index contributed by atoms with van der Waals surface area (Å²) in [6, 6.07) is 7.77. The number of rotatable bonds is 4. The van der Waals surface area contributed by atoms with Crippen LogP contribution in [0.15, 0.2) is 33.9 Å². The lowest BCUT2D eigenvalue weighted by Gasteiger charge is -2.04. The van der Waals surface area contributed by atoms with E-state index in [1.165, 1.54) is 0 Å². The average Bonchev–Trinajstić information content (AvgIpc) is 2.96. The summed E-state index contributed by atoms with van der Waals surface area (Å²) in [5.74, 6) is 1.62. The van der Waals surface area contributed by atoms with Gasteiger partial charge < -0.3 is 4.42 Å². The molecule has 94 valence electrons. The Kier molecular flexibility index (Phi) is 3.37. The average molecular weight is 261 g/mol. The number of carbonyl (C=O) groups is 1. The van der Waals surface area contributed by atoms with E-state index in [0.717, 1.165) is 42.5 Å². The van der Waals surface area contributed by atoms with Gasteiger partial charge >= 0.3 is 0 Å². The van der Waals surface area contributed by atoms with Gasteiger partial charge in [-0.2, -0.15) is 0 Å². The summed E-state index contributed by atoms with van der Waals surface area (Å²) in [7, 11) is 0. The highest BCUT2D eigenvalue weighted by Crippen LogP contribution is 2.29. The highest BCUT2D eigenvalue weighted by atomic mass is 32.2. The molecular formula is C14H15NO2S. The standard InChI is InChI=1S/C14H15NO2S/c16-12-6-3-4-10(12)8-9-18-14-15-11-5-1-2-7-13(11)17-14/h1-2,5,7,10H,3-4,6,8-9H2. The first kappa shape index (κ1) is 11.8. The Morgan fingerprint density at radius 3 is 3.06 bits per heavy atom. The lowest BCUT2D eigenvalue weighted by Crippen LogP contribution is -2.06. The SMILES string of the molecule is O=C1CCCC1CCSc1nc2ccccc2o1. The zero-order chi connectivity index (χ0) is 12.4. The van der Waals surface area contributed by atoms with Gasteiger partial charge in [0.15, 0.2) is 5.58 Å². The second-order valence-corrected chi connectivity index (χ2v) is 5.69. The van der Waals surface area contributed by atoms with Gasteiger partial charge in [0.25, 0.3) is 5.22 Å². The van der Waals surface area contributed by atoms with Crippen LogP contribution in [0.25, 0.3) is 11.1 Å². The highest BCUT2D eigenvalue weighted by molar-refractivity contribution is 7.99. The van der Waals surface area contributed by atoms with Crippen LogP contribution < -0.4 is 0 Å². The fourth-order valence-electron chi connectivity index (χ4n) is 2.39. The fourth-order valence-corrected chi connectivity index (χ4v) is 3.28. The van der Waals surface area contributed by atoms with E-state index in [-0.39, 0.29) is 5.92 Å². The number of oxazole rings is 1. The predicted octanol–water partition coefficient (Wildman–Crippen LogP) is 3.68. The number of para-hydroxylation sites is 2. The van der Waals surface area contributed by atoms with Crippen molar-refractivity contribution in [3.63, 3.8) is 0 Å². The van der Waals surface area contributed by atoms with Crippen LogP contribution in [0.5, 0.6) is 0 Å². The van der Waals surface area contributed by atoms with Crippen LogP contribution in [-0.4, -0.2) is 16.5 Å². The number of Topliss-reactive ketones (excluding diaryl/α,β-unsaturated/α-hetero) is 1. The Balaban J connectivity index is 1.58. The van der Waals surface area contributed by atoms with E-state index in [2.05, 4.69) is 4.98 Å². The number of aromatic nitrogens is 1. The fraction of sp³-hybridized carbons (Fsp3) is 0.429. The van der Waals surface area contributed by atoms with E-state index in [9.17, 15) is 4.79 Å². The van der Waals surface area contributed by atoms with Gasteiger partial charge in [-0.1, -0.05) is 23.9 Å². The van der Waals surface area contributed by atoms with Crippen molar-refractivity contribution in [2.45, 2.75) is 30.9 Å². The number of ketones is 1. The summed E-state index contributed by atoms with van der Waals surface area (Å²) in [6.45, 7) is 0. The number of carbonyl (C=O) groups excluding carboxylic acids is 1. The third-order valence-electron chi connectivity index (χ3n) is 3.40. The van der Waals surface area contributed by atoms with E-state index in [1.807, 2.05) is 24.3 Å². The van der Waals surface area contributed by atoms with E-state index in [0.29, 0.717) is 11.0 Å². The summed E-state index contributed by atoms with van der Waals surface area (Å²) in [6.07, 6.45) is 3.85. The van der Waals surface area contributed by atoms with Crippen molar-refractivity contribution in [2.75, 3.05) is 5.75 Å². The predicted molar refractivity (Wildman–Crippen MR) is 71.7 cm³/mol. The summed E-state index contributed by atoms with van der Waals surface area (Å²) in [5.41, 5.74) is 1.73. The van der Waals surface area contributed by atoms with Crippen molar-refractivity contribution in [2.24, 2.45) is 5.92 Å². The van der Waals surface area contributed by atoms with Crippen LogP contribution >= 0.6 is 11.8 Å². The van der Waals surface area contributed by atoms with Crippen LogP contribution in [0, 0.1) is 5.92 Å². The molecule has 1 heterocycles. The Morgan fingerprint density at radius 1 is 1.39 bits per heavy atom. The number of fused-ring (bicyclic) bond motifs is 1. The smallest absolute Gasteiger partial charge is 0.256 e. The number of nitrogens with zero attached hydrogens (tertiary/aromatic N) is 1. The summed E-state index contributed by atoms with van der Waals surface area (Å²) in [4.78, 5) is 15.9. The van der Waals surface area contributed by atoms with Crippen molar-refractivity contribution >= 4 is 28.6 Å². The zero-order valence-electron chi connectivity index (χ0n) is 10.1. The second-order valence-electron chi connectivity index (χ2n) is 4.64. The van der Waals surface area contributed by atoms with Crippen LogP contribution in [0.2, 0.25) is 0 Å². The minimum absolute atomic E-state index is 0.280. The van der Waals surface area contributed by atoms with E-state index < -0.39 is 0 Å². The largest absolute Gasteiger partial charge is 0.431 e. The van der Waals surface area contributed by atoms with E-state index in [1.54, 1.807) is 11.8 Å². The third kappa shape index (κ3) is 2.43. The molecule has 0 saturated heterocycles. The van der Waals surface area contributed by atoms with Gasteiger partial charge in [0, 0.05) is 18.1 Å². The molecule has 0 radical (unpaired) electrons. The maximum atomic E-state index is 11.5. The molecule has 1 aliphatic carbocycles. The molecule has 0 aliphatic heterocycles. The van der Waals surface area contributed by atoms with Crippen molar-refractivity contribution in [1.82, 2.24) is 4.98 Å². The van der Waals surface area contributed by atoms with Crippen LogP contribution in [-0.2, 0) is 4.79 Å². The first-order valence-corrected chi connectivity index (χ1v) is 7.32. The lowest BCUT2D eigenvalue weighted by atomic mass is 10.1. The topological polar surface area (TPSA) is 43.1 Å². The summed E-state index contributed by atoms with van der Waals surface area (Å²) < 4.78 is 5.63. The number of benzene rings is 1.